The minimum Gasteiger partial charge on any atom is -0.456 e. The topological polar surface area (TPSA) is 61.7 Å². The average Bonchev–Trinajstić information content (AvgIpc) is 3.98. The summed E-state index contributed by atoms with van der Waals surface area (Å²) in [6, 6.07) is 51.3. The summed E-state index contributed by atoms with van der Waals surface area (Å²) >= 11 is 0. The van der Waals surface area contributed by atoms with Gasteiger partial charge in [-0.15, -0.1) is 0 Å². The highest BCUT2D eigenvalue weighted by atomic mass is 16.3. The molecule has 0 spiro atoms. The molecule has 0 unspecified atom stereocenters. The average molecular weight is 735 g/mol. The summed E-state index contributed by atoms with van der Waals surface area (Å²) in [4.78, 5) is 14.3. The summed E-state index contributed by atoms with van der Waals surface area (Å²) in [5.74, 6) is 0.546. The van der Waals surface area contributed by atoms with Crippen LogP contribution in [0.2, 0.25) is 0 Å². The van der Waals surface area contributed by atoms with Crippen LogP contribution in [0.1, 0.15) is 6.85 Å². The molecular weight excluding hydrogens is 699 g/mol. The lowest BCUT2D eigenvalue weighted by atomic mass is 10.1. The molecule has 0 aliphatic rings. The molecule has 0 aliphatic heterocycles. The van der Waals surface area contributed by atoms with E-state index < -0.39 is 18.1 Å². The van der Waals surface area contributed by atoms with Crippen LogP contribution in [0.25, 0.3) is 111 Å². The van der Waals surface area contributed by atoms with Gasteiger partial charge >= 0.3 is 0 Å². The third kappa shape index (κ3) is 4.81. The first-order valence-electron chi connectivity index (χ1n) is 21.2. The van der Waals surface area contributed by atoms with Gasteiger partial charge in [0.05, 0.1) is 40.0 Å². The molecule has 6 heteroatoms. The molecule has 0 fully saturated rings. The Morgan fingerprint density at radius 1 is 0.421 bits per heavy atom. The molecule has 4 aromatic heterocycles. The Morgan fingerprint density at radius 3 is 1.86 bits per heavy atom. The Balaban J connectivity index is 1.09. The molecule has 0 saturated heterocycles. The van der Waals surface area contributed by atoms with Crippen molar-refractivity contribution >= 4 is 65.6 Å². The fourth-order valence-electron chi connectivity index (χ4n) is 8.44. The summed E-state index contributed by atoms with van der Waals surface area (Å²) in [6.07, 6.45) is 0. The molecule has 0 N–H and O–H groups in total. The first-order valence-corrected chi connectivity index (χ1v) is 18.7. The Labute approximate surface area is 333 Å². The highest BCUT2D eigenvalue weighted by Gasteiger charge is 2.23. The second-order valence-corrected chi connectivity index (χ2v) is 14.0. The molecule has 6 nitrogen and oxygen atoms in total. The molecule has 0 aliphatic carbocycles. The monoisotopic (exact) mass is 734 g/mol. The van der Waals surface area contributed by atoms with E-state index in [1.165, 1.54) is 10.8 Å². The fraction of sp³-hybridized carbons (Fsp3) is 0. The second kappa shape index (κ2) is 12.3. The minimum atomic E-state index is -0.486. The van der Waals surface area contributed by atoms with E-state index in [1.807, 2.05) is 66.7 Å². The first kappa shape index (κ1) is 26.9. The van der Waals surface area contributed by atoms with Gasteiger partial charge in [0.2, 0.25) is 0 Å². The Morgan fingerprint density at radius 2 is 1.07 bits per heavy atom. The largest absolute Gasteiger partial charge is 0.456 e. The van der Waals surface area contributed by atoms with Crippen molar-refractivity contribution in [3.05, 3.63) is 188 Å². The quantitative estimate of drug-likeness (QED) is 0.177. The van der Waals surface area contributed by atoms with Crippen LogP contribution in [0.5, 0.6) is 0 Å². The van der Waals surface area contributed by atoms with Crippen molar-refractivity contribution in [1.82, 2.24) is 24.1 Å². The van der Waals surface area contributed by atoms with Crippen molar-refractivity contribution in [3.63, 3.8) is 0 Å². The van der Waals surface area contributed by atoms with Crippen molar-refractivity contribution in [2.75, 3.05) is 0 Å². The summed E-state index contributed by atoms with van der Waals surface area (Å²) < 4.78 is 53.6. The zero-order chi connectivity index (χ0) is 41.8. The van der Waals surface area contributed by atoms with Gasteiger partial charge in [-0.2, -0.15) is 0 Å². The predicted molar refractivity (Wildman–Crippen MR) is 232 cm³/mol. The molecule has 0 radical (unpaired) electrons. The van der Waals surface area contributed by atoms with Crippen LogP contribution in [0, 0.1) is 0 Å². The van der Waals surface area contributed by atoms with Crippen LogP contribution in [-0.4, -0.2) is 24.1 Å². The number of benzene rings is 8. The van der Waals surface area contributed by atoms with E-state index in [0.717, 1.165) is 55.0 Å². The number of fused-ring (bicyclic) bond motifs is 10. The van der Waals surface area contributed by atoms with E-state index in [4.69, 9.17) is 21.2 Å². The molecule has 0 saturated carbocycles. The summed E-state index contributed by atoms with van der Waals surface area (Å²) in [7, 11) is 0. The van der Waals surface area contributed by atoms with Crippen molar-refractivity contribution in [3.8, 4) is 45.5 Å². The minimum absolute atomic E-state index is 0.0235. The number of hydrogen-bond acceptors (Lipinski definition) is 4. The van der Waals surface area contributed by atoms with Crippen LogP contribution in [0.3, 0.4) is 0 Å². The lowest BCUT2D eigenvalue weighted by Gasteiger charge is -2.11. The third-order valence-corrected chi connectivity index (χ3v) is 10.8. The number of nitrogens with zero attached hydrogens (tertiary/aromatic N) is 5. The maximum absolute atomic E-state index is 8.70. The number of rotatable bonds is 5. The molecule has 0 bridgehead atoms. The molecular formula is C51H31N5O. The molecule has 8 aromatic carbocycles. The smallest absolute Gasteiger partial charge is 0.164 e. The van der Waals surface area contributed by atoms with E-state index in [2.05, 4.69) is 105 Å². The van der Waals surface area contributed by atoms with Gasteiger partial charge in [-0.25, -0.2) is 15.0 Å². The molecule has 12 aromatic rings. The predicted octanol–water partition coefficient (Wildman–Crippen LogP) is 13.0. The summed E-state index contributed by atoms with van der Waals surface area (Å²) in [6.45, 7) is 0. The van der Waals surface area contributed by atoms with E-state index in [0.29, 0.717) is 28.1 Å². The second-order valence-electron chi connectivity index (χ2n) is 14.0. The van der Waals surface area contributed by atoms with Gasteiger partial charge in [0.25, 0.3) is 0 Å². The Bertz CT molecular complexity index is 3790. The maximum Gasteiger partial charge on any atom is 0.164 e. The molecule has 0 atom stereocenters. The van der Waals surface area contributed by atoms with E-state index in [1.54, 1.807) is 0 Å². The van der Waals surface area contributed by atoms with Gasteiger partial charge < -0.3 is 13.6 Å². The van der Waals surface area contributed by atoms with Crippen LogP contribution in [-0.2, 0) is 0 Å². The van der Waals surface area contributed by atoms with Gasteiger partial charge in [-0.3, -0.25) is 0 Å². The van der Waals surface area contributed by atoms with Crippen molar-refractivity contribution in [2.45, 2.75) is 0 Å². The zero-order valence-electron chi connectivity index (χ0n) is 35.2. The molecule has 266 valence electrons. The Kier molecular flexibility index (Phi) is 5.82. The van der Waals surface area contributed by atoms with Crippen LogP contribution < -0.4 is 0 Å². The molecule has 57 heavy (non-hydrogen) atoms. The lowest BCUT2D eigenvalue weighted by molar-refractivity contribution is 0.669. The Hall–Kier alpha value is -7.83. The molecule has 12 rings (SSSR count). The number of furan rings is 1. The van der Waals surface area contributed by atoms with Crippen molar-refractivity contribution in [2.24, 2.45) is 0 Å². The maximum atomic E-state index is 8.70. The number of aromatic nitrogens is 5. The zero-order valence-corrected chi connectivity index (χ0v) is 30.2. The highest BCUT2D eigenvalue weighted by molar-refractivity contribution is 6.26. The van der Waals surface area contributed by atoms with Crippen LogP contribution >= 0.6 is 0 Å². The van der Waals surface area contributed by atoms with E-state index in [-0.39, 0.29) is 29.3 Å². The van der Waals surface area contributed by atoms with Gasteiger partial charge in [0.1, 0.15) is 11.2 Å². The number of hydrogen-bond donors (Lipinski definition) is 0. The van der Waals surface area contributed by atoms with E-state index >= 15 is 0 Å². The third-order valence-electron chi connectivity index (χ3n) is 10.8. The van der Waals surface area contributed by atoms with Crippen molar-refractivity contribution < 1.29 is 11.3 Å². The van der Waals surface area contributed by atoms with Gasteiger partial charge in [-0.05, 0) is 54.6 Å². The van der Waals surface area contributed by atoms with Gasteiger partial charge in [0.15, 0.2) is 17.5 Å². The van der Waals surface area contributed by atoms with Gasteiger partial charge in [0, 0.05) is 49.3 Å². The van der Waals surface area contributed by atoms with Gasteiger partial charge in [-0.1, -0.05) is 133 Å². The summed E-state index contributed by atoms with van der Waals surface area (Å²) in [5.41, 5.74) is 9.01. The molecule has 4 heterocycles. The normalized spacial score (nSPS) is 13.1. The highest BCUT2D eigenvalue weighted by Crippen LogP contribution is 2.44. The lowest BCUT2D eigenvalue weighted by Crippen LogP contribution is -2.00. The fourth-order valence-corrected chi connectivity index (χ4v) is 8.44. The summed E-state index contributed by atoms with van der Waals surface area (Å²) in [5, 5.41) is 6.51. The SMILES string of the molecule is [2H]c1c([2H])c([2H])c(-c2nc(-c3ccccc3)nc(-c3ccc4c(c3)oc3cccc(-n5c6ccccc6c6c5ccc5c7ccccc7n(-c7ccccc7)c56)c34)n2)c([2H])c1[2H]. The van der Waals surface area contributed by atoms with Crippen molar-refractivity contribution in [1.29, 1.82) is 0 Å². The molecule has 0 amide bonds. The van der Waals surface area contributed by atoms with Crippen LogP contribution in [0.4, 0.5) is 0 Å². The first-order chi connectivity index (χ1) is 30.4. The number of para-hydroxylation sites is 3. The van der Waals surface area contributed by atoms with Crippen LogP contribution in [0.15, 0.2) is 192 Å². The van der Waals surface area contributed by atoms with E-state index in [9.17, 15) is 0 Å². The standard InChI is InChI=1S/C51H31N5O/c1-4-15-32(16-5-1)49-52-50(33-17-6-2-7-18-33)54-51(53-49)34-27-28-39-45(31-34)57-44-26-14-25-42(46(39)44)56-41-24-13-11-22-38(41)47-43(56)30-29-37-36-21-10-12-23-40(36)55(48(37)47)35-19-8-3-9-20-35/h1-31H/i1D,4D,5D,15D,16D.